The van der Waals surface area contributed by atoms with Gasteiger partial charge in [0.2, 0.25) is 5.95 Å². The lowest BCUT2D eigenvalue weighted by molar-refractivity contribution is 0.0185. The lowest BCUT2D eigenvalue weighted by Crippen LogP contribution is -2.45. The largest absolute Gasteiger partial charge is 0.379 e. The minimum atomic E-state index is -0.688. The molecule has 1 aromatic rings. The molecule has 0 spiro atoms. The second-order valence-corrected chi connectivity index (χ2v) is 5.18. The standard InChI is InChI=1S/C14H18FN3O2/c15-13-12(2-1-4-16-13)14(19)18-5-3-11(10-18)17-6-8-20-9-7-17/h1-2,4,11H,3,5-10H2. The molecule has 1 aromatic heterocycles. The third-order valence-electron chi connectivity index (χ3n) is 4.00. The molecular formula is C14H18FN3O2. The van der Waals surface area contributed by atoms with E-state index >= 15 is 0 Å². The van der Waals surface area contributed by atoms with E-state index in [0.717, 1.165) is 32.7 Å². The Morgan fingerprint density at radius 1 is 1.35 bits per heavy atom. The van der Waals surface area contributed by atoms with Gasteiger partial charge in [-0.25, -0.2) is 4.98 Å². The zero-order valence-corrected chi connectivity index (χ0v) is 11.3. The fourth-order valence-corrected chi connectivity index (χ4v) is 2.88. The Balaban J connectivity index is 1.65. The van der Waals surface area contributed by atoms with Gasteiger partial charge in [-0.05, 0) is 18.6 Å². The molecular weight excluding hydrogens is 261 g/mol. The van der Waals surface area contributed by atoms with E-state index < -0.39 is 5.95 Å². The van der Waals surface area contributed by atoms with Gasteiger partial charge in [-0.15, -0.1) is 0 Å². The van der Waals surface area contributed by atoms with Crippen LogP contribution in [0.5, 0.6) is 0 Å². The van der Waals surface area contributed by atoms with E-state index in [-0.39, 0.29) is 11.5 Å². The Labute approximate surface area is 117 Å². The van der Waals surface area contributed by atoms with Crippen molar-refractivity contribution >= 4 is 5.91 Å². The number of amides is 1. The molecule has 0 radical (unpaired) electrons. The molecule has 0 N–H and O–H groups in total. The number of likely N-dealkylation sites (tertiary alicyclic amines) is 1. The zero-order valence-electron chi connectivity index (χ0n) is 11.3. The summed E-state index contributed by atoms with van der Waals surface area (Å²) in [4.78, 5) is 19.9. The molecule has 20 heavy (non-hydrogen) atoms. The van der Waals surface area contributed by atoms with Crippen LogP contribution in [0.2, 0.25) is 0 Å². The number of aromatic nitrogens is 1. The number of ether oxygens (including phenoxy) is 1. The summed E-state index contributed by atoms with van der Waals surface area (Å²) in [5, 5.41) is 0. The first-order valence-corrected chi connectivity index (χ1v) is 6.97. The van der Waals surface area contributed by atoms with Gasteiger partial charge in [0.25, 0.3) is 5.91 Å². The Bertz CT molecular complexity index is 491. The number of carbonyl (C=O) groups excluding carboxylic acids is 1. The molecule has 2 aliphatic heterocycles. The second-order valence-electron chi connectivity index (χ2n) is 5.18. The van der Waals surface area contributed by atoms with Crippen LogP contribution in [0.4, 0.5) is 4.39 Å². The van der Waals surface area contributed by atoms with Crippen LogP contribution >= 0.6 is 0 Å². The molecule has 1 atom stereocenters. The molecule has 3 rings (SSSR count). The van der Waals surface area contributed by atoms with Crippen LogP contribution in [0.3, 0.4) is 0 Å². The number of morpholine rings is 1. The molecule has 2 saturated heterocycles. The van der Waals surface area contributed by atoms with Gasteiger partial charge in [-0.1, -0.05) is 0 Å². The third-order valence-corrected chi connectivity index (χ3v) is 4.00. The summed E-state index contributed by atoms with van der Waals surface area (Å²) in [6.07, 6.45) is 2.29. The van der Waals surface area contributed by atoms with Crippen molar-refractivity contribution < 1.29 is 13.9 Å². The summed E-state index contributed by atoms with van der Waals surface area (Å²) in [5.41, 5.74) is 0.0649. The first-order valence-electron chi connectivity index (χ1n) is 6.97. The van der Waals surface area contributed by atoms with Gasteiger partial charge in [0.05, 0.1) is 18.8 Å². The molecule has 2 aliphatic rings. The molecule has 1 amide bonds. The third kappa shape index (κ3) is 2.66. The van der Waals surface area contributed by atoms with Crippen LogP contribution in [0.1, 0.15) is 16.8 Å². The van der Waals surface area contributed by atoms with E-state index in [1.807, 2.05) is 0 Å². The summed E-state index contributed by atoms with van der Waals surface area (Å²) in [6, 6.07) is 3.45. The highest BCUT2D eigenvalue weighted by molar-refractivity contribution is 5.94. The molecule has 0 aromatic carbocycles. The van der Waals surface area contributed by atoms with Crippen LogP contribution in [-0.4, -0.2) is 66.1 Å². The van der Waals surface area contributed by atoms with E-state index in [1.54, 1.807) is 11.0 Å². The average molecular weight is 279 g/mol. The van der Waals surface area contributed by atoms with Crippen molar-refractivity contribution in [3.8, 4) is 0 Å². The van der Waals surface area contributed by atoms with E-state index in [1.165, 1.54) is 12.3 Å². The minimum Gasteiger partial charge on any atom is -0.379 e. The number of hydrogen-bond donors (Lipinski definition) is 0. The van der Waals surface area contributed by atoms with Gasteiger partial charge in [0.1, 0.15) is 0 Å². The monoisotopic (exact) mass is 279 g/mol. The number of hydrogen-bond acceptors (Lipinski definition) is 4. The Kier molecular flexibility index (Phi) is 3.93. The zero-order chi connectivity index (χ0) is 13.9. The normalized spacial score (nSPS) is 24.1. The predicted molar refractivity (Wildman–Crippen MR) is 70.9 cm³/mol. The number of carbonyl (C=O) groups is 1. The van der Waals surface area contributed by atoms with Gasteiger partial charge < -0.3 is 9.64 Å². The Morgan fingerprint density at radius 3 is 2.90 bits per heavy atom. The summed E-state index contributed by atoms with van der Waals surface area (Å²) in [5.74, 6) is -0.946. The molecule has 3 heterocycles. The van der Waals surface area contributed by atoms with E-state index in [9.17, 15) is 9.18 Å². The van der Waals surface area contributed by atoms with Crippen LogP contribution in [0, 0.1) is 5.95 Å². The highest BCUT2D eigenvalue weighted by atomic mass is 19.1. The van der Waals surface area contributed by atoms with Gasteiger partial charge in [-0.2, -0.15) is 4.39 Å². The average Bonchev–Trinajstić information content (AvgIpc) is 2.98. The van der Waals surface area contributed by atoms with Crippen molar-refractivity contribution in [2.45, 2.75) is 12.5 Å². The van der Waals surface area contributed by atoms with Crippen LogP contribution < -0.4 is 0 Å². The summed E-state index contributed by atoms with van der Waals surface area (Å²) in [6.45, 7) is 4.66. The second kappa shape index (κ2) is 5.85. The fourth-order valence-electron chi connectivity index (χ4n) is 2.88. The van der Waals surface area contributed by atoms with Crippen molar-refractivity contribution in [3.63, 3.8) is 0 Å². The highest BCUT2D eigenvalue weighted by Crippen LogP contribution is 2.19. The van der Waals surface area contributed by atoms with E-state index in [0.29, 0.717) is 19.1 Å². The Morgan fingerprint density at radius 2 is 2.15 bits per heavy atom. The molecule has 1 unspecified atom stereocenters. The SMILES string of the molecule is O=C(c1cccnc1F)N1CCC(N2CCOCC2)C1. The number of halogens is 1. The molecule has 0 aliphatic carbocycles. The molecule has 2 fully saturated rings. The summed E-state index contributed by atoms with van der Waals surface area (Å²) in [7, 11) is 0. The minimum absolute atomic E-state index is 0.0649. The quantitative estimate of drug-likeness (QED) is 0.750. The maximum Gasteiger partial charge on any atom is 0.258 e. The van der Waals surface area contributed by atoms with Gasteiger partial charge in [0, 0.05) is 38.4 Å². The van der Waals surface area contributed by atoms with Gasteiger partial charge >= 0.3 is 0 Å². The van der Waals surface area contributed by atoms with Crippen LogP contribution in [0.25, 0.3) is 0 Å². The molecule has 0 saturated carbocycles. The fraction of sp³-hybridized carbons (Fsp3) is 0.571. The number of nitrogens with zero attached hydrogens (tertiary/aromatic N) is 3. The predicted octanol–water partition coefficient (Wildman–Crippen LogP) is 0.767. The lowest BCUT2D eigenvalue weighted by atomic mass is 10.2. The van der Waals surface area contributed by atoms with Crippen molar-refractivity contribution in [1.82, 2.24) is 14.8 Å². The molecule has 108 valence electrons. The van der Waals surface area contributed by atoms with Crippen molar-refractivity contribution in [3.05, 3.63) is 29.8 Å². The van der Waals surface area contributed by atoms with Crippen LogP contribution in [0.15, 0.2) is 18.3 Å². The number of rotatable bonds is 2. The topological polar surface area (TPSA) is 45.7 Å². The molecule has 5 nitrogen and oxygen atoms in total. The summed E-state index contributed by atoms with van der Waals surface area (Å²) >= 11 is 0. The Hall–Kier alpha value is -1.53. The highest BCUT2D eigenvalue weighted by Gasteiger charge is 2.32. The lowest BCUT2D eigenvalue weighted by Gasteiger charge is -2.32. The molecule has 0 bridgehead atoms. The van der Waals surface area contributed by atoms with Gasteiger partial charge in [0.15, 0.2) is 0 Å². The van der Waals surface area contributed by atoms with Gasteiger partial charge in [-0.3, -0.25) is 9.69 Å². The first kappa shape index (κ1) is 13.5. The van der Waals surface area contributed by atoms with Crippen molar-refractivity contribution in [2.75, 3.05) is 39.4 Å². The smallest absolute Gasteiger partial charge is 0.258 e. The maximum atomic E-state index is 13.6. The van der Waals surface area contributed by atoms with Crippen molar-refractivity contribution in [1.29, 1.82) is 0 Å². The summed E-state index contributed by atoms with van der Waals surface area (Å²) < 4.78 is 18.9. The molecule has 6 heteroatoms. The van der Waals surface area contributed by atoms with Crippen LogP contribution in [-0.2, 0) is 4.74 Å². The first-order chi connectivity index (χ1) is 9.75. The van der Waals surface area contributed by atoms with E-state index in [2.05, 4.69) is 9.88 Å². The van der Waals surface area contributed by atoms with E-state index in [4.69, 9.17) is 4.74 Å². The van der Waals surface area contributed by atoms with Crippen molar-refractivity contribution in [2.24, 2.45) is 0 Å². The maximum absolute atomic E-state index is 13.6. The number of pyridine rings is 1.